The average molecular weight is 2140 g/mol. The Kier molecular flexibility index (Phi) is 58.4. The van der Waals surface area contributed by atoms with Gasteiger partial charge in [0, 0.05) is 161 Å². The molecule has 1 heterocycles. The number of nitrogens with two attached hydrogens (primary N) is 8. The number of nitro benzene ring substituents is 1. The Morgan fingerprint density at radius 1 is 0.422 bits per heavy atom. The maximum absolute atomic E-state index is 11.4. The number of benzene rings is 9. The molecule has 0 aliphatic rings. The minimum Gasteiger partial charge on any atom is -0.507 e. The van der Waals surface area contributed by atoms with Gasteiger partial charge in [0.25, 0.3) is 5.69 Å². The third-order valence-electron chi connectivity index (χ3n) is 15.8. The number of rotatable bonds is 31. The van der Waals surface area contributed by atoms with E-state index in [2.05, 4.69) is 55.9 Å². The molecule has 9 aromatic carbocycles. The van der Waals surface area contributed by atoms with Crippen molar-refractivity contribution in [2.24, 2.45) is 80.8 Å². The molecule has 0 bridgehead atoms. The van der Waals surface area contributed by atoms with Gasteiger partial charge in [-0.3, -0.25) is 98.5 Å². The predicted octanol–water partition coefficient (Wildman–Crippen LogP) is 19.7. The number of carbonyl (C=O) groups is 1. The van der Waals surface area contributed by atoms with Gasteiger partial charge in [0.15, 0.2) is 0 Å². The molecule has 712 valence electrons. The summed E-state index contributed by atoms with van der Waals surface area (Å²) in [7, 11) is 3.61. The number of nitrogens with one attached hydrogen (secondary N) is 9. The van der Waals surface area contributed by atoms with Crippen molar-refractivity contribution < 1.29 is 19.9 Å². The molecule has 10 rings (SSSR count). The van der Waals surface area contributed by atoms with Crippen LogP contribution in [0.15, 0.2) is 240 Å². The molecule has 1 unspecified atom stereocenters. The number of hydrogen-bond donors (Lipinski definition) is 19. The van der Waals surface area contributed by atoms with E-state index >= 15 is 0 Å². The molecule has 27 N–H and O–H groups in total. The van der Waals surface area contributed by atoms with E-state index in [0.717, 1.165) is 32.3 Å². The molecule has 0 fully saturated rings. The first-order chi connectivity index (χ1) is 63.8. The lowest BCUT2D eigenvalue weighted by Crippen LogP contribution is -2.23. The number of aromatic hydroxyl groups is 1. The first-order valence-electron chi connectivity index (χ1n) is 38.8. The van der Waals surface area contributed by atoms with Crippen LogP contribution in [-0.4, -0.2) is 187 Å². The van der Waals surface area contributed by atoms with Gasteiger partial charge in [-0.15, -0.1) is 0 Å². The van der Waals surface area contributed by atoms with E-state index in [-0.39, 0.29) is 121 Å². The maximum Gasteiger partial charge on any atom is 0.278 e. The molecule has 1 aromatic heterocycles. The number of hydrogen-bond acceptors (Lipinski definition) is 22. The predicted molar refractivity (Wildman–Crippen MR) is 569 cm³/mol. The van der Waals surface area contributed by atoms with Gasteiger partial charge >= 0.3 is 0 Å². The van der Waals surface area contributed by atoms with Crippen molar-refractivity contribution in [1.29, 1.82) is 48.7 Å². The zero-order chi connectivity index (χ0) is 101. The van der Waals surface area contributed by atoms with Crippen LogP contribution in [0.1, 0.15) is 75.4 Å². The number of ketones is 1. The molecule has 0 spiro atoms. The van der Waals surface area contributed by atoms with E-state index in [0.29, 0.717) is 114 Å². The normalized spacial score (nSPS) is 10.8. The highest BCUT2D eigenvalue weighted by Gasteiger charge is 2.17. The van der Waals surface area contributed by atoms with Crippen molar-refractivity contribution in [3.63, 3.8) is 0 Å². The van der Waals surface area contributed by atoms with Crippen LogP contribution in [0.5, 0.6) is 5.75 Å². The first-order valence-corrected chi connectivity index (χ1v) is 44.1. The number of phenolic OH excluding ortho intramolecular Hbond substituents is 1. The van der Waals surface area contributed by atoms with E-state index in [9.17, 15) is 25.1 Å². The van der Waals surface area contributed by atoms with Gasteiger partial charge in [0.05, 0.1) is 101 Å². The topological polar surface area (TPSA) is 626 Å². The lowest BCUT2D eigenvalue weighted by atomic mass is 10.0. The highest BCUT2D eigenvalue weighted by molar-refractivity contribution is 9.10. The van der Waals surface area contributed by atoms with Gasteiger partial charge in [-0.05, 0) is 120 Å². The van der Waals surface area contributed by atoms with E-state index in [1.54, 1.807) is 171 Å². The van der Waals surface area contributed by atoms with Crippen molar-refractivity contribution in [1.82, 2.24) is 9.88 Å². The van der Waals surface area contributed by atoms with E-state index in [1.165, 1.54) is 30.9 Å². The Balaban J connectivity index is 0.000000515. The number of nitrogens with zero attached hydrogens (tertiary/aromatic N) is 10. The fourth-order valence-electron chi connectivity index (χ4n) is 9.45. The molecular formula is C90H96BrCl12N27O5. The summed E-state index contributed by atoms with van der Waals surface area (Å²) in [6, 6.07) is 56.6. The molecule has 0 aliphatic heterocycles. The Hall–Kier alpha value is -12.2. The third kappa shape index (κ3) is 51.8. The van der Waals surface area contributed by atoms with Crippen molar-refractivity contribution in [2.75, 3.05) is 59.9 Å². The molecular weight excluding hydrogens is 2040 g/mol. The number of Topliss-reactive ketones (excluding diaryl/α,β-unsaturated/α-hetero) is 1. The number of aliphatic imine (C=N–C) groups is 7. The molecule has 0 saturated carbocycles. The van der Waals surface area contributed by atoms with Crippen molar-refractivity contribution in [3.05, 3.63) is 325 Å². The van der Waals surface area contributed by atoms with E-state index in [1.807, 2.05) is 60.7 Å². The molecule has 45 heteroatoms. The molecule has 0 saturated heterocycles. The second-order valence-corrected chi connectivity index (χ2v) is 32.8. The van der Waals surface area contributed by atoms with Gasteiger partial charge < -0.3 is 61.0 Å². The summed E-state index contributed by atoms with van der Waals surface area (Å²) >= 11 is 74.3. The van der Waals surface area contributed by atoms with Crippen LogP contribution in [0, 0.1) is 58.8 Å². The number of phenols is 1. The quantitative estimate of drug-likeness (QED) is 0.00631. The highest BCUT2D eigenvalue weighted by Crippen LogP contribution is 2.33. The Morgan fingerprint density at radius 3 is 1.30 bits per heavy atom. The van der Waals surface area contributed by atoms with Crippen LogP contribution >= 0.6 is 155 Å². The number of aliphatic hydroxyl groups excluding tert-OH is 1. The minimum atomic E-state index is -0.782. The number of aliphatic hydroxyl groups is 1. The summed E-state index contributed by atoms with van der Waals surface area (Å²) < 4.78 is 0.922. The largest absolute Gasteiger partial charge is 0.507 e. The summed E-state index contributed by atoms with van der Waals surface area (Å²) in [6.07, 6.45) is 12.1. The van der Waals surface area contributed by atoms with E-state index < -0.39 is 11.0 Å². The summed E-state index contributed by atoms with van der Waals surface area (Å²) in [6.45, 7) is 1.21. The zero-order valence-electron chi connectivity index (χ0n) is 72.1. The number of nitro groups is 1. The summed E-state index contributed by atoms with van der Waals surface area (Å²) in [5, 5.41) is 99.2. The monoisotopic (exact) mass is 2130 g/mol. The molecule has 0 aliphatic carbocycles. The summed E-state index contributed by atoms with van der Waals surface area (Å²) in [5.41, 5.74) is 49.0. The van der Waals surface area contributed by atoms with Crippen LogP contribution < -0.4 is 45.9 Å². The van der Waals surface area contributed by atoms with Crippen molar-refractivity contribution >= 4 is 263 Å². The number of carbonyl (C=O) groups excluding carboxylic acids is 1. The van der Waals surface area contributed by atoms with Gasteiger partial charge in [-0.25, -0.2) is 4.98 Å². The van der Waals surface area contributed by atoms with Gasteiger partial charge in [-0.1, -0.05) is 246 Å². The van der Waals surface area contributed by atoms with Crippen molar-refractivity contribution in [3.8, 4) is 16.9 Å². The number of para-hydroxylation sites is 2. The number of likely N-dealkylation sites (N-methyl/N-ethyl adjacent to an activating group) is 1. The van der Waals surface area contributed by atoms with Crippen LogP contribution in [0.3, 0.4) is 0 Å². The second kappa shape index (κ2) is 66.3. The first kappa shape index (κ1) is 119. The summed E-state index contributed by atoms with van der Waals surface area (Å²) in [4.78, 5) is 54.7. The highest BCUT2D eigenvalue weighted by atomic mass is 79.9. The molecule has 10 aromatic rings. The van der Waals surface area contributed by atoms with Crippen LogP contribution in [0.4, 0.5) is 5.69 Å². The molecule has 1 atom stereocenters. The van der Waals surface area contributed by atoms with Gasteiger partial charge in [0.2, 0.25) is 0 Å². The van der Waals surface area contributed by atoms with Crippen LogP contribution in [-0.2, 0) is 11.2 Å². The standard InChI is InChI=1S/C15H14ClN3.C11H13Cl2N3.C10H10Cl2N2O.C10H12Cl2N2O.C9H9BrClN3.C9H9Cl2N3.C9H10N4O2.C9H11N3O.C8H8Cl2N4/c16-14-8-12(11-4-2-1-3-5-11)6-7-13(14)9-19-10-15(17)18;1-16(2)11(14)7-15-6-8-9(12)4-3-5-10(8)13;11-8-2-1-3-9(12)7(8)4-6(15)5-10(13)14;11-6-2-1-3-7(12)10(6)8(15)4-5-9(13)14;10-7-2-1-6(8(11)3-7)4-14-5-9(12)13;10-7-1-2-8(11)6(3-7)4-14-5-9(12)13;10-9(11)6-12-5-7-3-1-2-4-8(7)13(14)15;10-9(11)6-12-5-7-3-1-2-4-8(7)13;9-6-1-2-14-8(10)5(6)3-13-4-7(11)12/h1-9H,10H2,(H3,17,18);3-6,14H,7H2,1-2H3;1-3H,4-5H2,(H3,13,14);1-3,8,15H,4-5H2,(H3,13,14);2*1-4H,5H2,(H3,12,13);1-5H,6H2,(H3,10,11);1-5,13H,6H2,(H3,10,11);1-3H,4H2,(H3,11,12). The summed E-state index contributed by atoms with van der Waals surface area (Å²) in [5.74, 6) is 0.322. The van der Waals surface area contributed by atoms with E-state index in [4.69, 9.17) is 234 Å². The number of pyridine rings is 1. The third-order valence-corrected chi connectivity index (χ3v) is 20.2. The lowest BCUT2D eigenvalue weighted by Gasteiger charge is -2.13. The van der Waals surface area contributed by atoms with Crippen molar-refractivity contribution in [2.45, 2.75) is 31.8 Å². The Bertz CT molecular complexity index is 5830. The van der Waals surface area contributed by atoms with Crippen LogP contribution in [0.25, 0.3) is 11.1 Å². The fourth-order valence-corrected chi connectivity index (χ4v) is 12.9. The Labute approximate surface area is 848 Å². The second-order valence-electron chi connectivity index (χ2n) is 27.1. The lowest BCUT2D eigenvalue weighted by molar-refractivity contribution is -0.385. The zero-order valence-corrected chi connectivity index (χ0v) is 82.7. The number of halogens is 13. The van der Waals surface area contributed by atoms with Gasteiger partial charge in [0.1, 0.15) is 57.5 Å². The average Bonchev–Trinajstić information content (AvgIpc) is 0.839. The molecule has 0 amide bonds. The number of aromatic nitrogens is 1. The van der Waals surface area contributed by atoms with Crippen LogP contribution in [0.2, 0.25) is 60.4 Å². The minimum absolute atomic E-state index is 0.00618. The number of amidine groups is 9. The van der Waals surface area contributed by atoms with Gasteiger partial charge in [-0.2, -0.15) is 0 Å². The SMILES string of the molecule is CN(C)C(=N)CN=Cc1c(Cl)cccc1Cl.N=C(N)CC(=O)Cc1c(Cl)cccc1Cl.N=C(N)CCC(O)c1c(Cl)cccc1Cl.N=C(N)CN=Cc1c(Cl)ccnc1Cl.N=C(N)CN=Cc1cc(Cl)ccc1Cl.N=C(N)CN=Cc1ccc(-c2ccccc2)cc1Cl.N=C(N)CN=Cc1ccc(Br)cc1Cl.N=C(N)CN=Cc1ccccc1O.N=C(N)CN=Cc1ccccc1[N+](=O)[O-]. The molecule has 32 nitrogen and oxygen atoms in total. The molecule has 135 heavy (non-hydrogen) atoms. The fraction of sp³-hybridized carbons (Fsp3) is 0.156. The smallest absolute Gasteiger partial charge is 0.278 e. The maximum atomic E-state index is 11.4. The molecule has 0 radical (unpaired) electrons. The Morgan fingerprint density at radius 2 is 0.837 bits per heavy atom.